The van der Waals surface area contributed by atoms with E-state index in [0.29, 0.717) is 39.4 Å². The van der Waals surface area contributed by atoms with E-state index in [0.717, 1.165) is 36.6 Å². The van der Waals surface area contributed by atoms with Crippen molar-refractivity contribution in [1.29, 1.82) is 0 Å². The number of methoxy groups -OCH3 is 1. The van der Waals surface area contributed by atoms with Gasteiger partial charge in [-0.1, -0.05) is 6.42 Å². The third-order valence-electron chi connectivity index (χ3n) is 7.31. The Balaban J connectivity index is 1.13. The average molecular weight is 547 g/mol. The Hall–Kier alpha value is -4.03. The summed E-state index contributed by atoms with van der Waals surface area (Å²) in [4.78, 5) is 40.6. The van der Waals surface area contributed by atoms with Gasteiger partial charge in [0.15, 0.2) is 0 Å². The fourth-order valence-electron chi connectivity index (χ4n) is 5.06. The summed E-state index contributed by atoms with van der Waals surface area (Å²) >= 11 is 1.43. The molecule has 0 bridgehead atoms. The van der Waals surface area contributed by atoms with E-state index in [1.807, 2.05) is 30.2 Å². The molecule has 0 radical (unpaired) electrons. The van der Waals surface area contributed by atoms with E-state index in [1.165, 1.54) is 30.6 Å². The van der Waals surface area contributed by atoms with Gasteiger partial charge in [-0.05, 0) is 51.1 Å². The van der Waals surface area contributed by atoms with Gasteiger partial charge >= 0.3 is 6.03 Å². The van der Waals surface area contributed by atoms with Crippen LogP contribution in [0, 0.1) is 6.92 Å². The second kappa shape index (κ2) is 10.6. The Morgan fingerprint density at radius 1 is 1.10 bits per heavy atom. The van der Waals surface area contributed by atoms with Crippen LogP contribution >= 0.6 is 11.3 Å². The molecule has 0 aromatic carbocycles. The van der Waals surface area contributed by atoms with Crippen molar-refractivity contribution in [2.45, 2.75) is 32.2 Å². The molecular formula is C27H30N8O3S. The molecule has 4 aromatic rings. The number of urea groups is 1. The smallest absolute Gasteiger partial charge is 0.321 e. The van der Waals surface area contributed by atoms with Crippen molar-refractivity contribution in [2.75, 3.05) is 43.9 Å². The molecular weight excluding hydrogens is 516 g/mol. The summed E-state index contributed by atoms with van der Waals surface area (Å²) in [7, 11) is 1.58. The maximum Gasteiger partial charge on any atom is 0.321 e. The lowest BCUT2D eigenvalue weighted by atomic mass is 10.0. The molecule has 3 amide bonds. The second-order valence-corrected chi connectivity index (χ2v) is 10.9. The standard InChI is InChI=1S/C27H30N8O3S/c1-17-22(11-18(12-29-17)31-27(37)34-14-19(15-34)33-9-4-3-5-10-33)32-24(36)21-13-30-35-16-23(39-26(21)35)20-7-6-8-28-25(20)38-2/h6-8,11-13,16,19H,3-5,9-10,14-15H2,1-2H3,(H,31,37)(H,32,36). The number of thiazole rings is 1. The molecule has 2 saturated heterocycles. The van der Waals surface area contributed by atoms with Crippen molar-refractivity contribution in [3.05, 3.63) is 54.2 Å². The van der Waals surface area contributed by atoms with Gasteiger partial charge < -0.3 is 20.3 Å². The predicted octanol–water partition coefficient (Wildman–Crippen LogP) is 4.12. The van der Waals surface area contributed by atoms with Crippen molar-refractivity contribution in [3.8, 4) is 16.3 Å². The topological polar surface area (TPSA) is 117 Å². The second-order valence-electron chi connectivity index (χ2n) is 9.86. The zero-order valence-electron chi connectivity index (χ0n) is 21.9. The number of amides is 3. The number of fused-ring (bicyclic) bond motifs is 1. The number of likely N-dealkylation sites (tertiary alicyclic amines) is 2. The van der Waals surface area contributed by atoms with Crippen LogP contribution in [0.15, 0.2) is 43.0 Å². The van der Waals surface area contributed by atoms with E-state index in [-0.39, 0.29) is 11.9 Å². The Labute approximate surface area is 229 Å². The SMILES string of the molecule is COc1ncccc1-c1cn2ncc(C(=O)Nc3cc(NC(=O)N4CC(N5CCCCC5)C4)cnc3C)c2s1. The van der Waals surface area contributed by atoms with E-state index in [2.05, 4.69) is 30.6 Å². The quantitative estimate of drug-likeness (QED) is 0.374. The Bertz CT molecular complexity index is 1520. The minimum atomic E-state index is -0.308. The molecule has 2 N–H and O–H groups in total. The lowest BCUT2D eigenvalue weighted by Gasteiger charge is -2.46. The highest BCUT2D eigenvalue weighted by atomic mass is 32.1. The van der Waals surface area contributed by atoms with Crippen LogP contribution < -0.4 is 15.4 Å². The highest BCUT2D eigenvalue weighted by Crippen LogP contribution is 2.35. The van der Waals surface area contributed by atoms with Crippen LogP contribution in [-0.2, 0) is 0 Å². The van der Waals surface area contributed by atoms with Gasteiger partial charge in [0, 0.05) is 31.5 Å². The van der Waals surface area contributed by atoms with Gasteiger partial charge in [-0.2, -0.15) is 5.10 Å². The molecule has 0 spiro atoms. The van der Waals surface area contributed by atoms with Crippen LogP contribution in [-0.4, -0.2) is 80.7 Å². The van der Waals surface area contributed by atoms with Crippen molar-refractivity contribution in [3.63, 3.8) is 0 Å². The fourth-order valence-corrected chi connectivity index (χ4v) is 6.14. The van der Waals surface area contributed by atoms with Crippen LogP contribution in [0.25, 0.3) is 15.3 Å². The molecule has 39 heavy (non-hydrogen) atoms. The Kier molecular flexibility index (Phi) is 6.88. The van der Waals surface area contributed by atoms with Crippen LogP contribution in [0.3, 0.4) is 0 Å². The number of aromatic nitrogens is 4. The molecule has 202 valence electrons. The molecule has 2 aliphatic rings. The van der Waals surface area contributed by atoms with Crippen molar-refractivity contribution in [2.24, 2.45) is 0 Å². The average Bonchev–Trinajstić information content (AvgIpc) is 3.51. The number of hydrogen-bond acceptors (Lipinski definition) is 8. The van der Waals surface area contributed by atoms with Crippen molar-refractivity contribution in [1.82, 2.24) is 29.4 Å². The number of nitrogens with one attached hydrogen (secondary N) is 2. The van der Waals surface area contributed by atoms with Crippen LogP contribution in [0.1, 0.15) is 35.3 Å². The minimum absolute atomic E-state index is 0.151. The van der Waals surface area contributed by atoms with Gasteiger partial charge in [0.05, 0.1) is 52.6 Å². The lowest BCUT2D eigenvalue weighted by Crippen LogP contribution is -2.62. The zero-order valence-corrected chi connectivity index (χ0v) is 22.7. The molecule has 0 saturated carbocycles. The lowest BCUT2D eigenvalue weighted by molar-refractivity contribution is 0.0493. The van der Waals surface area contributed by atoms with Gasteiger partial charge in [-0.25, -0.2) is 14.3 Å². The van der Waals surface area contributed by atoms with Crippen LogP contribution in [0.2, 0.25) is 0 Å². The molecule has 12 heteroatoms. The van der Waals surface area contributed by atoms with Crippen molar-refractivity contribution >= 4 is 39.5 Å². The first-order valence-electron chi connectivity index (χ1n) is 13.0. The first kappa shape index (κ1) is 25.3. The van der Waals surface area contributed by atoms with Gasteiger partial charge in [-0.15, -0.1) is 11.3 Å². The number of ether oxygens (including phenoxy) is 1. The zero-order chi connectivity index (χ0) is 26.9. The number of piperidine rings is 1. The fraction of sp³-hybridized carbons (Fsp3) is 0.370. The molecule has 2 fully saturated rings. The molecule has 4 aromatic heterocycles. The summed E-state index contributed by atoms with van der Waals surface area (Å²) in [6, 6.07) is 5.79. The number of carbonyl (C=O) groups is 2. The molecule has 6 heterocycles. The van der Waals surface area contributed by atoms with E-state index in [4.69, 9.17) is 4.74 Å². The van der Waals surface area contributed by atoms with E-state index in [9.17, 15) is 9.59 Å². The summed E-state index contributed by atoms with van der Waals surface area (Å²) in [5.74, 6) is 0.200. The maximum atomic E-state index is 13.3. The van der Waals surface area contributed by atoms with Gasteiger partial charge in [-0.3, -0.25) is 14.7 Å². The van der Waals surface area contributed by atoms with Crippen molar-refractivity contribution < 1.29 is 14.3 Å². The third-order valence-corrected chi connectivity index (χ3v) is 8.46. The summed E-state index contributed by atoms with van der Waals surface area (Å²) in [5, 5.41) is 10.2. The minimum Gasteiger partial charge on any atom is -0.481 e. The Morgan fingerprint density at radius 3 is 2.72 bits per heavy atom. The van der Waals surface area contributed by atoms with E-state index in [1.54, 1.807) is 36.3 Å². The van der Waals surface area contributed by atoms with Gasteiger partial charge in [0.25, 0.3) is 5.91 Å². The molecule has 11 nitrogen and oxygen atoms in total. The summed E-state index contributed by atoms with van der Waals surface area (Å²) in [6.07, 6.45) is 10.5. The first-order chi connectivity index (χ1) is 19.0. The molecule has 0 unspecified atom stereocenters. The summed E-state index contributed by atoms with van der Waals surface area (Å²) in [5.41, 5.74) is 2.97. The molecule has 2 aliphatic heterocycles. The van der Waals surface area contributed by atoms with Crippen LogP contribution in [0.5, 0.6) is 5.88 Å². The van der Waals surface area contributed by atoms with Gasteiger partial charge in [0.2, 0.25) is 5.88 Å². The van der Waals surface area contributed by atoms with E-state index >= 15 is 0 Å². The molecule has 6 rings (SSSR count). The number of hydrogen-bond donors (Lipinski definition) is 2. The maximum absolute atomic E-state index is 13.3. The summed E-state index contributed by atoms with van der Waals surface area (Å²) in [6.45, 7) is 5.53. The number of pyridine rings is 2. The highest BCUT2D eigenvalue weighted by Gasteiger charge is 2.35. The number of rotatable bonds is 6. The van der Waals surface area contributed by atoms with Crippen LogP contribution in [0.4, 0.5) is 16.2 Å². The number of nitrogens with zero attached hydrogens (tertiary/aromatic N) is 6. The summed E-state index contributed by atoms with van der Waals surface area (Å²) < 4.78 is 7.06. The van der Waals surface area contributed by atoms with E-state index < -0.39 is 0 Å². The normalized spacial score (nSPS) is 16.2. The highest BCUT2D eigenvalue weighted by molar-refractivity contribution is 7.21. The largest absolute Gasteiger partial charge is 0.481 e. The monoisotopic (exact) mass is 546 g/mol. The number of aryl methyl sites for hydroxylation is 1. The predicted molar refractivity (Wildman–Crippen MR) is 150 cm³/mol. The number of carbonyl (C=O) groups excluding carboxylic acids is 2. The van der Waals surface area contributed by atoms with Gasteiger partial charge in [0.1, 0.15) is 4.83 Å². The Morgan fingerprint density at radius 2 is 1.92 bits per heavy atom. The first-order valence-corrected chi connectivity index (χ1v) is 13.9. The number of anilines is 2. The third kappa shape index (κ3) is 5.04. The molecule has 0 aliphatic carbocycles. The molecule has 0 atom stereocenters.